The van der Waals surface area contributed by atoms with Crippen LogP contribution in [0.4, 0.5) is 5.69 Å². The van der Waals surface area contributed by atoms with Crippen LogP contribution >= 0.6 is 15.9 Å². The molecule has 1 atom stereocenters. The fourth-order valence-electron chi connectivity index (χ4n) is 1.82. The second kappa shape index (κ2) is 6.63. The SMILES string of the molecule is Cc1cc(NC(=O)[C@@H](N)Cc2ccccc2)cnc1Br. The van der Waals surface area contributed by atoms with Crippen molar-refractivity contribution >= 4 is 27.5 Å². The molecule has 104 valence electrons. The molecule has 1 heterocycles. The molecule has 5 heteroatoms. The van der Waals surface area contributed by atoms with Gasteiger partial charge in [0.25, 0.3) is 0 Å². The summed E-state index contributed by atoms with van der Waals surface area (Å²) in [6.45, 7) is 1.91. The number of pyridine rings is 1. The minimum absolute atomic E-state index is 0.211. The molecule has 4 nitrogen and oxygen atoms in total. The van der Waals surface area contributed by atoms with Gasteiger partial charge in [-0.3, -0.25) is 4.79 Å². The van der Waals surface area contributed by atoms with Crippen molar-refractivity contribution in [3.63, 3.8) is 0 Å². The second-order valence-electron chi connectivity index (χ2n) is 4.62. The smallest absolute Gasteiger partial charge is 0.241 e. The highest BCUT2D eigenvalue weighted by molar-refractivity contribution is 9.10. The maximum atomic E-state index is 12.0. The number of carbonyl (C=O) groups is 1. The van der Waals surface area contributed by atoms with Gasteiger partial charge in [-0.2, -0.15) is 0 Å². The lowest BCUT2D eigenvalue weighted by molar-refractivity contribution is -0.117. The van der Waals surface area contributed by atoms with E-state index in [1.54, 1.807) is 6.20 Å². The molecule has 0 spiro atoms. The molecule has 0 unspecified atom stereocenters. The van der Waals surface area contributed by atoms with Crippen LogP contribution in [-0.4, -0.2) is 16.9 Å². The third-order valence-corrected chi connectivity index (χ3v) is 3.75. The van der Waals surface area contributed by atoms with Gasteiger partial charge in [0, 0.05) is 0 Å². The summed E-state index contributed by atoms with van der Waals surface area (Å²) >= 11 is 3.32. The van der Waals surface area contributed by atoms with Crippen molar-refractivity contribution in [3.05, 3.63) is 58.3 Å². The van der Waals surface area contributed by atoms with Gasteiger partial charge in [0.05, 0.1) is 17.9 Å². The molecule has 0 saturated heterocycles. The monoisotopic (exact) mass is 333 g/mol. The van der Waals surface area contributed by atoms with Crippen molar-refractivity contribution in [2.24, 2.45) is 5.73 Å². The molecule has 1 amide bonds. The van der Waals surface area contributed by atoms with Crippen molar-refractivity contribution in [1.29, 1.82) is 0 Å². The van der Waals surface area contributed by atoms with E-state index in [-0.39, 0.29) is 5.91 Å². The van der Waals surface area contributed by atoms with Gasteiger partial charge < -0.3 is 11.1 Å². The Hall–Kier alpha value is -1.72. The Labute approximate surface area is 126 Å². The van der Waals surface area contributed by atoms with E-state index in [1.165, 1.54) is 0 Å². The first-order valence-corrected chi connectivity index (χ1v) is 7.08. The second-order valence-corrected chi connectivity index (χ2v) is 5.37. The van der Waals surface area contributed by atoms with Crippen LogP contribution in [0.1, 0.15) is 11.1 Å². The van der Waals surface area contributed by atoms with Crippen LogP contribution in [0.15, 0.2) is 47.2 Å². The highest BCUT2D eigenvalue weighted by atomic mass is 79.9. The molecule has 3 N–H and O–H groups in total. The molecule has 1 aromatic heterocycles. The number of aromatic nitrogens is 1. The van der Waals surface area contributed by atoms with Crippen molar-refractivity contribution in [3.8, 4) is 0 Å². The zero-order valence-electron chi connectivity index (χ0n) is 11.1. The van der Waals surface area contributed by atoms with Crippen LogP contribution in [0.2, 0.25) is 0 Å². The summed E-state index contributed by atoms with van der Waals surface area (Å²) in [5, 5.41) is 2.78. The molecule has 0 radical (unpaired) electrons. The van der Waals surface area contributed by atoms with Crippen molar-refractivity contribution in [2.75, 3.05) is 5.32 Å². The number of amides is 1. The largest absolute Gasteiger partial charge is 0.323 e. The molecular weight excluding hydrogens is 318 g/mol. The molecule has 2 aromatic rings. The third-order valence-electron chi connectivity index (χ3n) is 2.92. The number of benzene rings is 1. The van der Waals surface area contributed by atoms with E-state index < -0.39 is 6.04 Å². The van der Waals surface area contributed by atoms with Gasteiger partial charge in [-0.05, 0) is 46.5 Å². The number of halogens is 1. The number of nitrogens with zero attached hydrogens (tertiary/aromatic N) is 1. The van der Waals surface area contributed by atoms with Crippen molar-refractivity contribution < 1.29 is 4.79 Å². The molecule has 2 rings (SSSR count). The van der Waals surface area contributed by atoms with E-state index in [0.717, 1.165) is 15.7 Å². The average molecular weight is 334 g/mol. The fourth-order valence-corrected chi connectivity index (χ4v) is 2.04. The Morgan fingerprint density at radius 1 is 1.40 bits per heavy atom. The number of hydrogen-bond acceptors (Lipinski definition) is 3. The summed E-state index contributed by atoms with van der Waals surface area (Å²) < 4.78 is 0.768. The van der Waals surface area contributed by atoms with Gasteiger partial charge in [0.15, 0.2) is 0 Å². The van der Waals surface area contributed by atoms with E-state index in [2.05, 4.69) is 26.2 Å². The first-order valence-electron chi connectivity index (χ1n) is 6.29. The van der Waals surface area contributed by atoms with Crippen LogP contribution in [0.25, 0.3) is 0 Å². The molecule has 0 bridgehead atoms. The maximum Gasteiger partial charge on any atom is 0.241 e. The lowest BCUT2D eigenvalue weighted by Gasteiger charge is -2.12. The normalized spacial score (nSPS) is 11.9. The standard InChI is InChI=1S/C15H16BrN3O/c1-10-7-12(9-18-14(10)16)19-15(20)13(17)8-11-5-3-2-4-6-11/h2-7,9,13H,8,17H2,1H3,(H,19,20)/t13-/m0/s1. The third kappa shape index (κ3) is 3.88. The lowest BCUT2D eigenvalue weighted by Crippen LogP contribution is -2.37. The molecule has 0 aliphatic carbocycles. The first kappa shape index (κ1) is 14.7. The highest BCUT2D eigenvalue weighted by Gasteiger charge is 2.14. The van der Waals surface area contributed by atoms with Gasteiger partial charge in [0.1, 0.15) is 4.60 Å². The maximum absolute atomic E-state index is 12.0. The van der Waals surface area contributed by atoms with Crippen LogP contribution in [0.3, 0.4) is 0 Å². The number of rotatable bonds is 4. The average Bonchev–Trinajstić information content (AvgIpc) is 2.44. The predicted molar refractivity (Wildman–Crippen MR) is 83.4 cm³/mol. The van der Waals surface area contributed by atoms with E-state index in [1.807, 2.05) is 43.3 Å². The summed E-state index contributed by atoms with van der Waals surface area (Å²) in [5.41, 5.74) is 8.58. The van der Waals surface area contributed by atoms with Crippen LogP contribution < -0.4 is 11.1 Å². The quantitative estimate of drug-likeness (QED) is 0.845. The number of carbonyl (C=O) groups excluding carboxylic acids is 1. The Morgan fingerprint density at radius 2 is 2.10 bits per heavy atom. The van der Waals surface area contributed by atoms with E-state index >= 15 is 0 Å². The van der Waals surface area contributed by atoms with Gasteiger partial charge >= 0.3 is 0 Å². The first-order chi connectivity index (χ1) is 9.56. The van der Waals surface area contributed by atoms with Crippen molar-refractivity contribution in [1.82, 2.24) is 4.98 Å². The summed E-state index contributed by atoms with van der Waals surface area (Å²) in [6.07, 6.45) is 2.11. The zero-order chi connectivity index (χ0) is 14.5. The summed E-state index contributed by atoms with van der Waals surface area (Å²) in [7, 11) is 0. The summed E-state index contributed by atoms with van der Waals surface area (Å²) in [4.78, 5) is 16.2. The number of nitrogens with one attached hydrogen (secondary N) is 1. The molecule has 0 fully saturated rings. The highest BCUT2D eigenvalue weighted by Crippen LogP contribution is 2.17. The Kier molecular flexibility index (Phi) is 4.87. The predicted octanol–water partition coefficient (Wildman–Crippen LogP) is 2.66. The van der Waals surface area contributed by atoms with E-state index in [4.69, 9.17) is 5.73 Å². The number of hydrogen-bond donors (Lipinski definition) is 2. The van der Waals surface area contributed by atoms with Crippen LogP contribution in [-0.2, 0) is 11.2 Å². The Balaban J connectivity index is 1.99. The van der Waals surface area contributed by atoms with Gasteiger partial charge in [-0.15, -0.1) is 0 Å². The van der Waals surface area contributed by atoms with Gasteiger partial charge in [-0.1, -0.05) is 30.3 Å². The van der Waals surface area contributed by atoms with Gasteiger partial charge in [-0.25, -0.2) is 4.98 Å². The molecule has 20 heavy (non-hydrogen) atoms. The molecule has 1 aromatic carbocycles. The topological polar surface area (TPSA) is 68.0 Å². The number of anilines is 1. The molecule has 0 saturated carbocycles. The van der Waals surface area contributed by atoms with Crippen LogP contribution in [0, 0.1) is 6.92 Å². The van der Waals surface area contributed by atoms with Crippen LogP contribution in [0.5, 0.6) is 0 Å². The van der Waals surface area contributed by atoms with E-state index in [0.29, 0.717) is 12.1 Å². The Bertz CT molecular complexity index is 601. The van der Waals surface area contributed by atoms with Gasteiger partial charge in [0.2, 0.25) is 5.91 Å². The molecule has 0 aliphatic heterocycles. The molecular formula is C15H16BrN3O. The molecule has 0 aliphatic rings. The minimum Gasteiger partial charge on any atom is -0.323 e. The fraction of sp³-hybridized carbons (Fsp3) is 0.200. The Morgan fingerprint density at radius 3 is 2.75 bits per heavy atom. The number of aryl methyl sites for hydroxylation is 1. The van der Waals surface area contributed by atoms with E-state index in [9.17, 15) is 4.79 Å². The number of nitrogens with two attached hydrogens (primary N) is 1. The minimum atomic E-state index is -0.582. The summed E-state index contributed by atoms with van der Waals surface area (Å²) in [6, 6.07) is 11.0. The zero-order valence-corrected chi connectivity index (χ0v) is 12.7. The van der Waals surface area contributed by atoms with Crippen molar-refractivity contribution in [2.45, 2.75) is 19.4 Å². The lowest BCUT2D eigenvalue weighted by atomic mass is 10.1. The summed E-state index contributed by atoms with van der Waals surface area (Å²) in [5.74, 6) is -0.211.